The van der Waals surface area contributed by atoms with Crippen LogP contribution in [0.1, 0.15) is 43.5 Å². The van der Waals surface area contributed by atoms with Gasteiger partial charge in [0.1, 0.15) is 6.10 Å². The number of aromatic nitrogens is 1. The maximum Gasteiger partial charge on any atom is 0.340 e. The van der Waals surface area contributed by atoms with E-state index in [1.807, 2.05) is 0 Å². The SMILES string of the molecule is COC(=O)c1cc(OC2CCC(C)C(C)C2)ncc1N. The fourth-order valence-electron chi connectivity index (χ4n) is 2.57. The van der Waals surface area contributed by atoms with Crippen LogP contribution in [0.4, 0.5) is 5.69 Å². The van der Waals surface area contributed by atoms with Crippen LogP contribution in [0.25, 0.3) is 0 Å². The monoisotopic (exact) mass is 278 g/mol. The van der Waals surface area contributed by atoms with Crippen molar-refractivity contribution in [3.8, 4) is 5.88 Å². The number of hydrogen-bond donors (Lipinski definition) is 1. The summed E-state index contributed by atoms with van der Waals surface area (Å²) >= 11 is 0. The minimum Gasteiger partial charge on any atom is -0.474 e. The smallest absolute Gasteiger partial charge is 0.340 e. The molecule has 1 fully saturated rings. The topological polar surface area (TPSA) is 74.4 Å². The maximum absolute atomic E-state index is 11.6. The second-order valence-electron chi connectivity index (χ2n) is 5.61. The summed E-state index contributed by atoms with van der Waals surface area (Å²) in [5, 5.41) is 0. The van der Waals surface area contributed by atoms with Crippen molar-refractivity contribution in [2.45, 2.75) is 39.2 Å². The van der Waals surface area contributed by atoms with Gasteiger partial charge in [0.15, 0.2) is 0 Å². The summed E-state index contributed by atoms with van der Waals surface area (Å²) in [4.78, 5) is 15.7. The van der Waals surface area contributed by atoms with Crippen molar-refractivity contribution in [2.24, 2.45) is 11.8 Å². The Morgan fingerprint density at radius 1 is 1.35 bits per heavy atom. The van der Waals surface area contributed by atoms with Gasteiger partial charge in [-0.2, -0.15) is 0 Å². The van der Waals surface area contributed by atoms with Gasteiger partial charge < -0.3 is 15.2 Å². The number of esters is 1. The number of carbonyl (C=O) groups excluding carboxylic acids is 1. The highest BCUT2D eigenvalue weighted by Crippen LogP contribution is 2.31. The Labute approximate surface area is 119 Å². The molecule has 5 nitrogen and oxygen atoms in total. The van der Waals surface area contributed by atoms with Crippen molar-refractivity contribution in [3.05, 3.63) is 17.8 Å². The Kier molecular flexibility index (Phi) is 4.47. The molecule has 3 atom stereocenters. The van der Waals surface area contributed by atoms with Gasteiger partial charge in [-0.1, -0.05) is 13.8 Å². The summed E-state index contributed by atoms with van der Waals surface area (Å²) in [5.41, 5.74) is 6.32. The molecule has 0 spiro atoms. The van der Waals surface area contributed by atoms with Gasteiger partial charge in [0.2, 0.25) is 5.88 Å². The van der Waals surface area contributed by atoms with Crippen molar-refractivity contribution < 1.29 is 14.3 Å². The number of anilines is 1. The molecule has 5 heteroatoms. The number of nitrogen functional groups attached to an aromatic ring is 1. The lowest BCUT2D eigenvalue weighted by Gasteiger charge is -2.31. The highest BCUT2D eigenvalue weighted by Gasteiger charge is 2.26. The standard InChI is InChI=1S/C15H22N2O3/c1-9-4-5-11(6-10(9)2)20-14-7-12(15(18)19-3)13(16)8-17-14/h7-11H,4-6,16H2,1-3H3. The van der Waals surface area contributed by atoms with E-state index >= 15 is 0 Å². The predicted octanol–water partition coefficient (Wildman–Crippen LogP) is 2.65. The summed E-state index contributed by atoms with van der Waals surface area (Å²) in [6, 6.07) is 1.56. The van der Waals surface area contributed by atoms with E-state index in [2.05, 4.69) is 18.8 Å². The highest BCUT2D eigenvalue weighted by atomic mass is 16.5. The Balaban J connectivity index is 2.08. The Hall–Kier alpha value is -1.78. The molecule has 0 aliphatic heterocycles. The Bertz CT molecular complexity index is 490. The van der Waals surface area contributed by atoms with Crippen LogP contribution < -0.4 is 10.5 Å². The molecule has 0 bridgehead atoms. The van der Waals surface area contributed by atoms with Gasteiger partial charge in [0.05, 0.1) is 24.6 Å². The number of pyridine rings is 1. The second kappa shape index (κ2) is 6.11. The highest BCUT2D eigenvalue weighted by molar-refractivity contribution is 5.95. The molecule has 3 unspecified atom stereocenters. The van der Waals surface area contributed by atoms with Crippen LogP contribution in [0.2, 0.25) is 0 Å². The molecule has 110 valence electrons. The summed E-state index contributed by atoms with van der Waals surface area (Å²) in [7, 11) is 1.33. The molecule has 2 rings (SSSR count). The number of rotatable bonds is 3. The predicted molar refractivity (Wildman–Crippen MR) is 76.6 cm³/mol. The van der Waals surface area contributed by atoms with Crippen LogP contribution in [0.3, 0.4) is 0 Å². The van der Waals surface area contributed by atoms with Crippen LogP contribution in [0.5, 0.6) is 5.88 Å². The molecule has 0 amide bonds. The molecular weight excluding hydrogens is 256 g/mol. The van der Waals surface area contributed by atoms with E-state index in [4.69, 9.17) is 15.2 Å². The molecular formula is C15H22N2O3. The summed E-state index contributed by atoms with van der Waals surface area (Å²) in [5.74, 6) is 1.34. The minimum atomic E-state index is -0.472. The van der Waals surface area contributed by atoms with Crippen LogP contribution in [-0.4, -0.2) is 24.2 Å². The van der Waals surface area contributed by atoms with Gasteiger partial charge in [0.25, 0.3) is 0 Å². The number of ether oxygens (including phenoxy) is 2. The first-order valence-electron chi connectivity index (χ1n) is 7.01. The van der Waals surface area contributed by atoms with E-state index in [9.17, 15) is 4.79 Å². The van der Waals surface area contributed by atoms with Gasteiger partial charge in [0, 0.05) is 6.07 Å². The van der Waals surface area contributed by atoms with Crippen molar-refractivity contribution in [1.82, 2.24) is 4.98 Å². The summed E-state index contributed by atoms with van der Waals surface area (Å²) in [6.07, 6.45) is 4.79. The Morgan fingerprint density at radius 2 is 2.10 bits per heavy atom. The average Bonchev–Trinajstić information content (AvgIpc) is 2.44. The molecule has 1 saturated carbocycles. The molecule has 1 aliphatic carbocycles. The molecule has 0 radical (unpaired) electrons. The third kappa shape index (κ3) is 3.21. The quantitative estimate of drug-likeness (QED) is 0.860. The molecule has 20 heavy (non-hydrogen) atoms. The number of nitrogens with two attached hydrogens (primary N) is 1. The van der Waals surface area contributed by atoms with E-state index in [0.29, 0.717) is 23.0 Å². The average molecular weight is 278 g/mol. The normalized spacial score (nSPS) is 26.1. The number of nitrogens with zero attached hydrogens (tertiary/aromatic N) is 1. The minimum absolute atomic E-state index is 0.155. The molecule has 0 saturated heterocycles. The molecule has 1 aromatic heterocycles. The van der Waals surface area contributed by atoms with E-state index < -0.39 is 5.97 Å². The van der Waals surface area contributed by atoms with Crippen molar-refractivity contribution in [2.75, 3.05) is 12.8 Å². The van der Waals surface area contributed by atoms with E-state index in [1.165, 1.54) is 13.3 Å². The van der Waals surface area contributed by atoms with Crippen molar-refractivity contribution in [3.63, 3.8) is 0 Å². The lowest BCUT2D eigenvalue weighted by atomic mass is 9.80. The third-order valence-corrected chi connectivity index (χ3v) is 4.15. The molecule has 2 N–H and O–H groups in total. The lowest BCUT2D eigenvalue weighted by Crippen LogP contribution is -2.29. The van der Waals surface area contributed by atoms with Gasteiger partial charge in [-0.15, -0.1) is 0 Å². The zero-order chi connectivity index (χ0) is 14.7. The van der Waals surface area contributed by atoms with E-state index in [-0.39, 0.29) is 6.10 Å². The van der Waals surface area contributed by atoms with Crippen LogP contribution in [0.15, 0.2) is 12.3 Å². The molecule has 1 heterocycles. The number of carbonyl (C=O) groups is 1. The third-order valence-electron chi connectivity index (χ3n) is 4.15. The van der Waals surface area contributed by atoms with Crippen LogP contribution in [-0.2, 0) is 4.74 Å². The number of hydrogen-bond acceptors (Lipinski definition) is 5. The Morgan fingerprint density at radius 3 is 2.75 bits per heavy atom. The van der Waals surface area contributed by atoms with Crippen molar-refractivity contribution in [1.29, 1.82) is 0 Å². The zero-order valence-corrected chi connectivity index (χ0v) is 12.3. The molecule has 1 aliphatic rings. The first kappa shape index (κ1) is 14.6. The zero-order valence-electron chi connectivity index (χ0n) is 12.3. The fraction of sp³-hybridized carbons (Fsp3) is 0.600. The summed E-state index contributed by atoms with van der Waals surface area (Å²) < 4.78 is 10.6. The van der Waals surface area contributed by atoms with Gasteiger partial charge in [-0.25, -0.2) is 9.78 Å². The first-order valence-corrected chi connectivity index (χ1v) is 7.01. The first-order chi connectivity index (χ1) is 9.51. The number of methoxy groups -OCH3 is 1. The van der Waals surface area contributed by atoms with Gasteiger partial charge in [-0.3, -0.25) is 0 Å². The van der Waals surface area contributed by atoms with Gasteiger partial charge >= 0.3 is 5.97 Å². The maximum atomic E-state index is 11.6. The van der Waals surface area contributed by atoms with Crippen LogP contribution >= 0.6 is 0 Å². The largest absolute Gasteiger partial charge is 0.474 e. The summed E-state index contributed by atoms with van der Waals surface area (Å²) in [6.45, 7) is 4.52. The van der Waals surface area contributed by atoms with Gasteiger partial charge in [-0.05, 0) is 31.1 Å². The lowest BCUT2D eigenvalue weighted by molar-refractivity contribution is 0.0599. The molecule has 1 aromatic rings. The van der Waals surface area contributed by atoms with Crippen LogP contribution in [0, 0.1) is 11.8 Å². The second-order valence-corrected chi connectivity index (χ2v) is 5.61. The van der Waals surface area contributed by atoms with Crippen molar-refractivity contribution >= 4 is 11.7 Å². The van der Waals surface area contributed by atoms with E-state index in [0.717, 1.165) is 25.2 Å². The molecule has 0 aromatic carbocycles. The fourth-order valence-corrected chi connectivity index (χ4v) is 2.57. The van der Waals surface area contributed by atoms with E-state index in [1.54, 1.807) is 6.07 Å².